The van der Waals surface area contributed by atoms with Gasteiger partial charge in [0, 0.05) is 29.6 Å². The third-order valence-corrected chi connectivity index (χ3v) is 6.21. The van der Waals surface area contributed by atoms with Crippen molar-refractivity contribution in [2.24, 2.45) is 0 Å². The van der Waals surface area contributed by atoms with Crippen LogP contribution in [0.2, 0.25) is 0 Å². The smallest absolute Gasteiger partial charge is 0.252 e. The summed E-state index contributed by atoms with van der Waals surface area (Å²) in [4.78, 5) is 15.1. The van der Waals surface area contributed by atoms with Gasteiger partial charge in [0.25, 0.3) is 5.56 Å². The van der Waals surface area contributed by atoms with Gasteiger partial charge in [0.05, 0.1) is 18.1 Å². The number of ether oxygens (including phenoxy) is 1. The van der Waals surface area contributed by atoms with Crippen molar-refractivity contribution < 1.29 is 22.7 Å². The summed E-state index contributed by atoms with van der Waals surface area (Å²) < 4.78 is 45.4. The third-order valence-electron chi connectivity index (χ3n) is 4.35. The number of aliphatic hydroxyl groups excluding tert-OH is 1. The Hall–Kier alpha value is -2.75. The minimum atomic E-state index is -4.04. The SMILES string of the molecule is CCOc1ccc2[nH]c(=O)c(CN(CCO)S(=O)(=O)c3ccc(F)cc3)cc2c1. The lowest BCUT2D eigenvalue weighted by Crippen LogP contribution is -2.35. The zero-order valence-corrected chi connectivity index (χ0v) is 16.6. The van der Waals surface area contributed by atoms with E-state index in [2.05, 4.69) is 4.98 Å². The van der Waals surface area contributed by atoms with Crippen LogP contribution in [-0.2, 0) is 16.6 Å². The highest BCUT2D eigenvalue weighted by atomic mass is 32.2. The molecule has 0 spiro atoms. The van der Waals surface area contributed by atoms with Crippen molar-refractivity contribution in [2.75, 3.05) is 19.8 Å². The lowest BCUT2D eigenvalue weighted by Gasteiger charge is -2.21. The summed E-state index contributed by atoms with van der Waals surface area (Å²) in [6, 6.07) is 11.2. The number of rotatable bonds is 8. The summed E-state index contributed by atoms with van der Waals surface area (Å²) in [7, 11) is -4.04. The van der Waals surface area contributed by atoms with Gasteiger partial charge < -0.3 is 14.8 Å². The number of nitrogens with one attached hydrogen (secondary N) is 1. The maximum atomic E-state index is 13.2. The Balaban J connectivity index is 1.99. The molecular weight excluding hydrogens is 399 g/mol. The molecule has 0 radical (unpaired) electrons. The van der Waals surface area contributed by atoms with Gasteiger partial charge in [-0.05, 0) is 55.5 Å². The molecule has 0 unspecified atom stereocenters. The summed E-state index contributed by atoms with van der Waals surface area (Å²) in [5.41, 5.74) is 0.376. The van der Waals surface area contributed by atoms with Crippen LogP contribution in [0.3, 0.4) is 0 Å². The Morgan fingerprint density at radius 1 is 1.14 bits per heavy atom. The van der Waals surface area contributed by atoms with Gasteiger partial charge >= 0.3 is 0 Å². The Morgan fingerprint density at radius 3 is 2.52 bits per heavy atom. The number of pyridine rings is 1. The summed E-state index contributed by atoms with van der Waals surface area (Å²) in [6.45, 7) is 1.46. The highest BCUT2D eigenvalue weighted by molar-refractivity contribution is 7.89. The van der Waals surface area contributed by atoms with Crippen molar-refractivity contribution in [3.05, 3.63) is 70.3 Å². The van der Waals surface area contributed by atoms with Crippen LogP contribution in [0.5, 0.6) is 5.75 Å². The minimum absolute atomic E-state index is 0.122. The Morgan fingerprint density at radius 2 is 1.86 bits per heavy atom. The molecule has 0 saturated carbocycles. The summed E-state index contributed by atoms with van der Waals surface area (Å²) in [5.74, 6) is 0.0675. The molecule has 0 bridgehead atoms. The van der Waals surface area contributed by atoms with Crippen molar-refractivity contribution in [1.82, 2.24) is 9.29 Å². The number of aromatic nitrogens is 1. The summed E-state index contributed by atoms with van der Waals surface area (Å²) in [6.07, 6.45) is 0. The van der Waals surface area contributed by atoms with Gasteiger partial charge in [-0.15, -0.1) is 0 Å². The first-order chi connectivity index (χ1) is 13.8. The fraction of sp³-hybridized carbons (Fsp3) is 0.250. The molecule has 7 nitrogen and oxygen atoms in total. The van der Waals surface area contributed by atoms with Crippen LogP contribution in [-0.4, -0.2) is 42.6 Å². The van der Waals surface area contributed by atoms with Crippen LogP contribution in [0.4, 0.5) is 4.39 Å². The number of sulfonamides is 1. The molecule has 0 aliphatic rings. The van der Waals surface area contributed by atoms with Gasteiger partial charge in [0.15, 0.2) is 0 Å². The van der Waals surface area contributed by atoms with E-state index in [1.54, 1.807) is 24.3 Å². The second-order valence-corrected chi connectivity index (χ2v) is 8.26. The largest absolute Gasteiger partial charge is 0.494 e. The van der Waals surface area contributed by atoms with Crippen LogP contribution < -0.4 is 10.3 Å². The van der Waals surface area contributed by atoms with Gasteiger partial charge in [-0.2, -0.15) is 4.31 Å². The van der Waals surface area contributed by atoms with E-state index in [4.69, 9.17) is 4.74 Å². The van der Waals surface area contributed by atoms with Crippen molar-refractivity contribution >= 4 is 20.9 Å². The van der Waals surface area contributed by atoms with Crippen LogP contribution in [0.15, 0.2) is 58.2 Å². The number of benzene rings is 2. The number of aromatic amines is 1. The second kappa shape index (κ2) is 8.73. The Labute approximate surface area is 167 Å². The molecule has 2 N–H and O–H groups in total. The zero-order valence-electron chi connectivity index (χ0n) is 15.8. The molecule has 154 valence electrons. The first kappa shape index (κ1) is 21.0. The highest BCUT2D eigenvalue weighted by Gasteiger charge is 2.25. The standard InChI is InChI=1S/C20H21FN2O5S/c1-2-28-17-5-8-19-14(12-17)11-15(20(25)22-19)13-23(9-10-24)29(26,27)18-6-3-16(21)4-7-18/h3-8,11-12,24H,2,9-10,13H2,1H3,(H,22,25). The third kappa shape index (κ3) is 4.64. The number of halogens is 1. The zero-order chi connectivity index (χ0) is 21.0. The molecule has 3 rings (SSSR count). The van der Waals surface area contributed by atoms with Crippen molar-refractivity contribution in [2.45, 2.75) is 18.4 Å². The van der Waals surface area contributed by atoms with E-state index in [9.17, 15) is 22.7 Å². The maximum Gasteiger partial charge on any atom is 0.252 e. The molecule has 0 saturated heterocycles. The molecule has 0 amide bonds. The Bertz CT molecular complexity index is 1160. The van der Waals surface area contributed by atoms with Gasteiger partial charge in [-0.25, -0.2) is 12.8 Å². The van der Waals surface area contributed by atoms with Gasteiger partial charge in [0.1, 0.15) is 11.6 Å². The van der Waals surface area contributed by atoms with E-state index in [-0.39, 0.29) is 23.5 Å². The molecule has 1 aromatic heterocycles. The lowest BCUT2D eigenvalue weighted by atomic mass is 10.1. The number of hydrogen-bond acceptors (Lipinski definition) is 5. The molecule has 0 atom stereocenters. The molecular formula is C20H21FN2O5S. The summed E-state index contributed by atoms with van der Waals surface area (Å²) in [5, 5.41) is 10.0. The van der Waals surface area contributed by atoms with Crippen molar-refractivity contribution in [3.63, 3.8) is 0 Å². The number of hydrogen-bond donors (Lipinski definition) is 2. The Kier molecular flexibility index (Phi) is 6.31. The van der Waals surface area contributed by atoms with E-state index in [1.165, 1.54) is 0 Å². The van der Waals surface area contributed by atoms with Crippen LogP contribution >= 0.6 is 0 Å². The van der Waals surface area contributed by atoms with Crippen molar-refractivity contribution in [1.29, 1.82) is 0 Å². The number of nitrogens with zero attached hydrogens (tertiary/aromatic N) is 1. The molecule has 9 heteroatoms. The van der Waals surface area contributed by atoms with Crippen LogP contribution in [0, 0.1) is 5.82 Å². The quantitative estimate of drug-likeness (QED) is 0.582. The fourth-order valence-electron chi connectivity index (χ4n) is 2.95. The normalized spacial score (nSPS) is 11.9. The molecule has 2 aromatic carbocycles. The average Bonchev–Trinajstić information content (AvgIpc) is 2.69. The predicted molar refractivity (Wildman–Crippen MR) is 107 cm³/mol. The van der Waals surface area contributed by atoms with Gasteiger partial charge in [-0.3, -0.25) is 4.79 Å². The lowest BCUT2D eigenvalue weighted by molar-refractivity contribution is 0.251. The molecule has 0 fully saturated rings. The van der Waals surface area contributed by atoms with E-state index in [0.717, 1.165) is 28.6 Å². The average molecular weight is 420 g/mol. The van der Waals surface area contributed by atoms with Crippen molar-refractivity contribution in [3.8, 4) is 5.75 Å². The van der Waals surface area contributed by atoms with E-state index in [1.807, 2.05) is 6.92 Å². The van der Waals surface area contributed by atoms with Gasteiger partial charge in [0.2, 0.25) is 10.0 Å². The predicted octanol–water partition coefficient (Wildman–Crippen LogP) is 2.25. The topological polar surface area (TPSA) is 99.7 Å². The number of H-pyrrole nitrogens is 1. The molecule has 0 aliphatic carbocycles. The van der Waals surface area contributed by atoms with E-state index in [0.29, 0.717) is 23.3 Å². The first-order valence-corrected chi connectivity index (χ1v) is 10.4. The van der Waals surface area contributed by atoms with E-state index >= 15 is 0 Å². The van der Waals surface area contributed by atoms with Crippen LogP contribution in [0.1, 0.15) is 12.5 Å². The number of fused-ring (bicyclic) bond motifs is 1. The first-order valence-electron chi connectivity index (χ1n) is 9.00. The van der Waals surface area contributed by atoms with E-state index < -0.39 is 28.0 Å². The number of aliphatic hydroxyl groups is 1. The minimum Gasteiger partial charge on any atom is -0.494 e. The molecule has 3 aromatic rings. The highest BCUT2D eigenvalue weighted by Crippen LogP contribution is 2.22. The maximum absolute atomic E-state index is 13.2. The summed E-state index contributed by atoms with van der Waals surface area (Å²) >= 11 is 0. The molecule has 29 heavy (non-hydrogen) atoms. The monoisotopic (exact) mass is 420 g/mol. The molecule has 1 heterocycles. The molecule has 0 aliphatic heterocycles. The fourth-order valence-corrected chi connectivity index (χ4v) is 4.35. The van der Waals surface area contributed by atoms with Crippen LogP contribution in [0.25, 0.3) is 10.9 Å². The van der Waals surface area contributed by atoms with Gasteiger partial charge in [-0.1, -0.05) is 0 Å². The second-order valence-electron chi connectivity index (χ2n) is 6.32.